The molecule has 3 fully saturated rings. The van der Waals surface area contributed by atoms with Gasteiger partial charge in [0.25, 0.3) is 0 Å². The number of aliphatic hydroxyl groups is 1. The average molecular weight is 703 g/mol. The number of hydrogen-bond acceptors (Lipinski definition) is 7. The standard InChI is InChI=1S/C42H46N4O6/c47-38-16-14-34(35-15-17-40(49)44-41(35)38)39(48)26-43-21-18-28-8-11-32(12-9-28)52-24-4-5-29-10-13-33(30-6-2-1-3-7-30)36(25-29)46(42(50)51)37-27-45-22-19-31(37)20-23-45/h1-3,6-17,25,31,37,39,43,47-48H,4-5,18-24,26-27H2,(H,44,49)(H,50,51)/t37-,39-/m0/s1. The number of nitrogens with zero attached hydrogens (tertiary/aromatic N) is 2. The van der Waals surface area contributed by atoms with Gasteiger partial charge in [-0.05, 0) is 110 Å². The van der Waals surface area contributed by atoms with Gasteiger partial charge in [0.1, 0.15) is 11.5 Å². The van der Waals surface area contributed by atoms with Crippen LogP contribution in [0.1, 0.15) is 42.1 Å². The highest BCUT2D eigenvalue weighted by atomic mass is 16.5. The van der Waals surface area contributed by atoms with Crippen LogP contribution < -0.4 is 20.5 Å². The van der Waals surface area contributed by atoms with E-state index in [0.717, 1.165) is 85.4 Å². The quantitative estimate of drug-likeness (QED) is 0.0844. The van der Waals surface area contributed by atoms with E-state index < -0.39 is 12.2 Å². The maximum Gasteiger partial charge on any atom is 0.412 e. The van der Waals surface area contributed by atoms with Crippen molar-refractivity contribution in [1.29, 1.82) is 0 Å². The fourth-order valence-corrected chi connectivity index (χ4v) is 7.79. The summed E-state index contributed by atoms with van der Waals surface area (Å²) in [5.74, 6) is 1.14. The zero-order chi connectivity index (χ0) is 36.0. The van der Waals surface area contributed by atoms with Crippen LogP contribution in [0.15, 0.2) is 102 Å². The van der Waals surface area contributed by atoms with Crippen LogP contribution in [0, 0.1) is 5.92 Å². The largest absolute Gasteiger partial charge is 0.506 e. The Morgan fingerprint density at radius 1 is 0.942 bits per heavy atom. The number of phenolic OH excluding ortho intramolecular Hbond substituents is 1. The number of H-pyrrole nitrogens is 1. The molecule has 2 atom stereocenters. The summed E-state index contributed by atoms with van der Waals surface area (Å²) in [6, 6.07) is 30.4. The second-order valence-electron chi connectivity index (χ2n) is 13.9. The van der Waals surface area contributed by atoms with E-state index in [4.69, 9.17) is 4.74 Å². The Morgan fingerprint density at radius 3 is 2.44 bits per heavy atom. The lowest BCUT2D eigenvalue weighted by atomic mass is 9.82. The monoisotopic (exact) mass is 702 g/mol. The summed E-state index contributed by atoms with van der Waals surface area (Å²) in [5, 5.41) is 35.4. The molecule has 2 bridgehead atoms. The van der Waals surface area contributed by atoms with Crippen molar-refractivity contribution in [2.24, 2.45) is 5.92 Å². The van der Waals surface area contributed by atoms with E-state index in [1.54, 1.807) is 17.0 Å². The molecule has 8 rings (SSSR count). The summed E-state index contributed by atoms with van der Waals surface area (Å²) < 4.78 is 6.08. The minimum atomic E-state index is -0.893. The van der Waals surface area contributed by atoms with Crippen molar-refractivity contribution < 1.29 is 24.9 Å². The smallest absolute Gasteiger partial charge is 0.412 e. The van der Waals surface area contributed by atoms with Gasteiger partial charge in [0, 0.05) is 30.1 Å². The van der Waals surface area contributed by atoms with Crippen molar-refractivity contribution in [3.8, 4) is 22.6 Å². The molecule has 4 aromatic carbocycles. The molecular weight excluding hydrogens is 656 g/mol. The Labute approximate surface area is 303 Å². The zero-order valence-electron chi connectivity index (χ0n) is 29.2. The first-order valence-electron chi connectivity index (χ1n) is 18.2. The fourth-order valence-electron chi connectivity index (χ4n) is 7.79. The van der Waals surface area contributed by atoms with Crippen molar-refractivity contribution in [2.45, 2.75) is 44.2 Å². The Balaban J connectivity index is 0.915. The lowest BCUT2D eigenvalue weighted by Gasteiger charge is -2.48. The molecular formula is C42H46N4O6. The van der Waals surface area contributed by atoms with Gasteiger partial charge in [0.15, 0.2) is 0 Å². The molecule has 1 aromatic heterocycles. The Kier molecular flexibility index (Phi) is 10.9. The first kappa shape index (κ1) is 35.3. The molecule has 3 saturated heterocycles. The van der Waals surface area contributed by atoms with E-state index >= 15 is 0 Å². The van der Waals surface area contributed by atoms with Gasteiger partial charge in [-0.3, -0.25) is 9.69 Å². The maximum atomic E-state index is 12.9. The van der Waals surface area contributed by atoms with Gasteiger partial charge >= 0.3 is 6.09 Å². The number of aryl methyl sites for hydroxylation is 1. The van der Waals surface area contributed by atoms with Gasteiger partial charge in [-0.1, -0.05) is 60.7 Å². The van der Waals surface area contributed by atoms with Crippen LogP contribution in [0.4, 0.5) is 10.5 Å². The van der Waals surface area contributed by atoms with E-state index in [2.05, 4.69) is 33.4 Å². The van der Waals surface area contributed by atoms with E-state index in [0.29, 0.717) is 42.1 Å². The average Bonchev–Trinajstić information content (AvgIpc) is 3.17. The number of piperidine rings is 3. The highest BCUT2D eigenvalue weighted by Crippen LogP contribution is 2.39. The second-order valence-corrected chi connectivity index (χ2v) is 13.9. The molecule has 1 amide bonds. The molecule has 10 nitrogen and oxygen atoms in total. The van der Waals surface area contributed by atoms with Crippen LogP contribution in [0.25, 0.3) is 22.0 Å². The van der Waals surface area contributed by atoms with Gasteiger partial charge in [-0.15, -0.1) is 0 Å². The topological polar surface area (TPSA) is 138 Å². The number of aliphatic hydroxyl groups excluding tert-OH is 1. The zero-order valence-corrected chi connectivity index (χ0v) is 29.2. The number of pyridine rings is 1. The number of fused-ring (bicyclic) bond motifs is 4. The molecule has 10 heteroatoms. The summed E-state index contributed by atoms with van der Waals surface area (Å²) in [4.78, 5) is 31.2. The number of ether oxygens (including phenoxy) is 1. The van der Waals surface area contributed by atoms with Gasteiger partial charge in [0.2, 0.25) is 5.56 Å². The third kappa shape index (κ3) is 7.99. The van der Waals surface area contributed by atoms with E-state index in [1.165, 1.54) is 12.1 Å². The highest BCUT2D eigenvalue weighted by molar-refractivity contribution is 5.94. The van der Waals surface area contributed by atoms with Crippen molar-refractivity contribution >= 4 is 22.7 Å². The van der Waals surface area contributed by atoms with E-state index in [9.17, 15) is 24.9 Å². The number of aromatic nitrogens is 1. The molecule has 3 aliphatic rings. The normalized spacial score (nSPS) is 18.7. The second kappa shape index (κ2) is 16.0. The molecule has 270 valence electrons. The first-order valence-corrected chi connectivity index (χ1v) is 18.2. The minimum Gasteiger partial charge on any atom is -0.506 e. The molecule has 0 saturated carbocycles. The lowest BCUT2D eigenvalue weighted by Crippen LogP contribution is -2.59. The number of phenols is 1. The Morgan fingerprint density at radius 2 is 1.71 bits per heavy atom. The van der Waals surface area contributed by atoms with Crippen LogP contribution >= 0.6 is 0 Å². The predicted octanol–water partition coefficient (Wildman–Crippen LogP) is 6.36. The SMILES string of the molecule is O=C(O)N(c1cc(CCCOc2ccc(CCNC[C@H](O)c3ccc(O)c4[nH]c(=O)ccc34)cc2)ccc1-c1ccccc1)[C@H]1CN2CCC1CC2. The molecule has 4 heterocycles. The maximum absolute atomic E-state index is 12.9. The number of anilines is 1. The van der Waals surface area contributed by atoms with Crippen LogP contribution in [-0.4, -0.2) is 76.7 Å². The Hall–Kier alpha value is -5.16. The minimum absolute atomic E-state index is 0.0319. The molecule has 52 heavy (non-hydrogen) atoms. The molecule has 0 radical (unpaired) electrons. The number of rotatable bonds is 14. The predicted molar refractivity (Wildman–Crippen MR) is 203 cm³/mol. The number of aromatic amines is 1. The summed E-state index contributed by atoms with van der Waals surface area (Å²) in [6.07, 6.45) is 2.71. The van der Waals surface area contributed by atoms with E-state index in [-0.39, 0.29) is 17.4 Å². The Bertz CT molecular complexity index is 2040. The number of nitrogens with one attached hydrogen (secondary N) is 2. The number of aromatic hydroxyl groups is 1. The van der Waals surface area contributed by atoms with Crippen LogP contribution in [0.5, 0.6) is 11.5 Å². The molecule has 5 N–H and O–H groups in total. The van der Waals surface area contributed by atoms with Crippen molar-refractivity contribution in [3.05, 3.63) is 124 Å². The van der Waals surface area contributed by atoms with Gasteiger partial charge in [0.05, 0.1) is 30.0 Å². The summed E-state index contributed by atoms with van der Waals surface area (Å²) in [6.45, 7) is 4.41. The van der Waals surface area contributed by atoms with Crippen LogP contribution in [0.2, 0.25) is 0 Å². The van der Waals surface area contributed by atoms with Crippen LogP contribution in [0.3, 0.4) is 0 Å². The third-order valence-corrected chi connectivity index (χ3v) is 10.6. The number of benzene rings is 4. The first-order chi connectivity index (χ1) is 25.3. The molecule has 0 spiro atoms. The summed E-state index contributed by atoms with van der Waals surface area (Å²) in [5.41, 5.74) is 5.59. The van der Waals surface area contributed by atoms with Gasteiger partial charge in [-0.25, -0.2) is 4.79 Å². The molecule has 0 unspecified atom stereocenters. The summed E-state index contributed by atoms with van der Waals surface area (Å²) in [7, 11) is 0. The highest BCUT2D eigenvalue weighted by Gasteiger charge is 2.40. The van der Waals surface area contributed by atoms with Gasteiger partial charge in [-0.2, -0.15) is 0 Å². The van der Waals surface area contributed by atoms with Crippen LogP contribution in [-0.2, 0) is 12.8 Å². The van der Waals surface area contributed by atoms with E-state index in [1.807, 2.05) is 54.6 Å². The molecule has 3 aliphatic heterocycles. The molecule has 5 aromatic rings. The number of carboxylic acid groups (broad SMARTS) is 1. The number of carbonyl (C=O) groups is 1. The third-order valence-electron chi connectivity index (χ3n) is 10.6. The number of hydrogen-bond donors (Lipinski definition) is 5. The number of amides is 1. The van der Waals surface area contributed by atoms with Gasteiger partial charge < -0.3 is 35.3 Å². The molecule has 0 aliphatic carbocycles. The fraction of sp³-hybridized carbons (Fsp3) is 0.333. The van der Waals surface area contributed by atoms with Crippen molar-refractivity contribution in [3.63, 3.8) is 0 Å². The summed E-state index contributed by atoms with van der Waals surface area (Å²) >= 11 is 0. The lowest BCUT2D eigenvalue weighted by molar-refractivity contribution is 0.0837. The van der Waals surface area contributed by atoms with Crippen molar-refractivity contribution in [1.82, 2.24) is 15.2 Å². The van der Waals surface area contributed by atoms with Crippen molar-refractivity contribution in [2.75, 3.05) is 44.2 Å².